The number of methoxy groups -OCH3 is 1. The van der Waals surface area contributed by atoms with Crippen LogP contribution < -0.4 is 4.74 Å². The third-order valence-corrected chi connectivity index (χ3v) is 6.48. The standard InChI is InChI=1S/C25H28N6O2/c1-17-14-23-27-15-22(18(2)31(23)28-17)25(32)29-11-8-20(9-12-29)24-26-10-13-30(24)16-19-4-6-21(33-3)7-5-19/h4-7,10,13-15,20H,8-9,11-12,16H2,1-3H3. The lowest BCUT2D eigenvalue weighted by molar-refractivity contribution is 0.0708. The first kappa shape index (κ1) is 21.2. The summed E-state index contributed by atoms with van der Waals surface area (Å²) in [6, 6.07) is 10.0. The Bertz CT molecular complexity index is 1280. The average molecular weight is 445 g/mol. The number of rotatable bonds is 5. The average Bonchev–Trinajstić information content (AvgIpc) is 3.46. The largest absolute Gasteiger partial charge is 0.497 e. The molecule has 1 fully saturated rings. The Morgan fingerprint density at radius 3 is 2.61 bits per heavy atom. The first-order valence-electron chi connectivity index (χ1n) is 11.3. The molecule has 1 aromatic carbocycles. The van der Waals surface area contributed by atoms with Gasteiger partial charge in [0, 0.05) is 50.2 Å². The van der Waals surface area contributed by atoms with Crippen LogP contribution in [0.25, 0.3) is 5.65 Å². The van der Waals surface area contributed by atoms with E-state index in [1.165, 1.54) is 5.56 Å². The molecule has 4 aromatic rings. The minimum atomic E-state index is 0.0232. The van der Waals surface area contributed by atoms with Crippen LogP contribution in [0.4, 0.5) is 0 Å². The normalized spacial score (nSPS) is 14.7. The number of ether oxygens (including phenoxy) is 1. The van der Waals surface area contributed by atoms with E-state index in [1.54, 1.807) is 17.8 Å². The minimum absolute atomic E-state index is 0.0232. The molecule has 3 aromatic heterocycles. The lowest BCUT2D eigenvalue weighted by Gasteiger charge is -2.32. The summed E-state index contributed by atoms with van der Waals surface area (Å²) >= 11 is 0. The van der Waals surface area contributed by atoms with Gasteiger partial charge in [0.05, 0.1) is 24.1 Å². The van der Waals surface area contributed by atoms with Crippen LogP contribution in [0.1, 0.15) is 51.9 Å². The molecule has 8 heteroatoms. The Hall–Kier alpha value is -3.68. The third-order valence-electron chi connectivity index (χ3n) is 6.48. The van der Waals surface area contributed by atoms with Crippen molar-refractivity contribution < 1.29 is 9.53 Å². The predicted octanol–water partition coefficient (Wildman–Crippen LogP) is 3.62. The van der Waals surface area contributed by atoms with Crippen molar-refractivity contribution in [3.8, 4) is 5.75 Å². The highest BCUT2D eigenvalue weighted by Gasteiger charge is 2.28. The van der Waals surface area contributed by atoms with E-state index in [2.05, 4.69) is 31.8 Å². The van der Waals surface area contributed by atoms with Crippen LogP contribution in [0.2, 0.25) is 0 Å². The number of amides is 1. The van der Waals surface area contributed by atoms with Gasteiger partial charge < -0.3 is 14.2 Å². The Kier molecular flexibility index (Phi) is 5.58. The van der Waals surface area contributed by atoms with Crippen LogP contribution in [0, 0.1) is 13.8 Å². The highest BCUT2D eigenvalue weighted by atomic mass is 16.5. The van der Waals surface area contributed by atoms with Crippen molar-refractivity contribution in [3.63, 3.8) is 0 Å². The van der Waals surface area contributed by atoms with Gasteiger partial charge in [0.25, 0.3) is 5.91 Å². The fraction of sp³-hybridized carbons (Fsp3) is 0.360. The van der Waals surface area contributed by atoms with E-state index in [9.17, 15) is 4.79 Å². The topological polar surface area (TPSA) is 77.5 Å². The molecule has 0 aliphatic carbocycles. The molecule has 0 bridgehead atoms. The van der Waals surface area contributed by atoms with Gasteiger partial charge in [-0.3, -0.25) is 4.79 Å². The van der Waals surface area contributed by atoms with Crippen LogP contribution in [0.3, 0.4) is 0 Å². The summed E-state index contributed by atoms with van der Waals surface area (Å²) in [6.45, 7) is 6.03. The predicted molar refractivity (Wildman–Crippen MR) is 125 cm³/mol. The van der Waals surface area contributed by atoms with Gasteiger partial charge in [0.15, 0.2) is 5.65 Å². The summed E-state index contributed by atoms with van der Waals surface area (Å²) in [4.78, 5) is 24.3. The molecule has 8 nitrogen and oxygen atoms in total. The van der Waals surface area contributed by atoms with Crippen LogP contribution in [-0.4, -0.2) is 55.2 Å². The maximum atomic E-state index is 13.2. The SMILES string of the molecule is COc1ccc(Cn2ccnc2C2CCN(C(=O)c3cnc4cc(C)nn4c3C)CC2)cc1. The van der Waals surface area contributed by atoms with Gasteiger partial charge >= 0.3 is 0 Å². The Morgan fingerprint density at radius 1 is 1.12 bits per heavy atom. The number of likely N-dealkylation sites (tertiary alicyclic amines) is 1. The van der Waals surface area contributed by atoms with Crippen LogP contribution in [0.5, 0.6) is 5.75 Å². The second kappa shape index (κ2) is 8.69. The summed E-state index contributed by atoms with van der Waals surface area (Å²) in [5.74, 6) is 2.30. The lowest BCUT2D eigenvalue weighted by Crippen LogP contribution is -2.39. The van der Waals surface area contributed by atoms with Crippen molar-refractivity contribution in [1.29, 1.82) is 0 Å². The van der Waals surface area contributed by atoms with Gasteiger partial charge in [0.1, 0.15) is 11.6 Å². The van der Waals surface area contributed by atoms with Gasteiger partial charge in [-0.15, -0.1) is 0 Å². The fourth-order valence-electron chi connectivity index (χ4n) is 4.63. The number of piperidine rings is 1. The number of benzene rings is 1. The molecule has 0 N–H and O–H groups in total. The summed E-state index contributed by atoms with van der Waals surface area (Å²) < 4.78 is 9.22. The maximum absolute atomic E-state index is 13.2. The highest BCUT2D eigenvalue weighted by molar-refractivity contribution is 5.95. The number of carbonyl (C=O) groups excluding carboxylic acids is 1. The number of hydrogen-bond donors (Lipinski definition) is 0. The zero-order chi connectivity index (χ0) is 22.9. The first-order valence-corrected chi connectivity index (χ1v) is 11.3. The Morgan fingerprint density at radius 2 is 1.88 bits per heavy atom. The highest BCUT2D eigenvalue weighted by Crippen LogP contribution is 2.28. The van der Waals surface area contributed by atoms with Crippen molar-refractivity contribution in [3.05, 3.63) is 77.3 Å². The van der Waals surface area contributed by atoms with E-state index in [0.717, 1.165) is 48.0 Å². The van der Waals surface area contributed by atoms with Gasteiger partial charge in [-0.05, 0) is 44.4 Å². The molecule has 0 radical (unpaired) electrons. The second-order valence-electron chi connectivity index (χ2n) is 8.64. The van der Waals surface area contributed by atoms with E-state index in [0.29, 0.717) is 24.6 Å². The number of imidazole rings is 1. The molecule has 1 saturated heterocycles. The van der Waals surface area contributed by atoms with E-state index < -0.39 is 0 Å². The molecule has 33 heavy (non-hydrogen) atoms. The third kappa shape index (κ3) is 4.08. The molecule has 170 valence electrons. The number of aryl methyl sites for hydroxylation is 2. The quantitative estimate of drug-likeness (QED) is 0.470. The van der Waals surface area contributed by atoms with Crippen molar-refractivity contribution in [2.45, 2.75) is 39.2 Å². The molecule has 4 heterocycles. The van der Waals surface area contributed by atoms with Crippen molar-refractivity contribution in [1.82, 2.24) is 29.0 Å². The zero-order valence-electron chi connectivity index (χ0n) is 19.2. The van der Waals surface area contributed by atoms with Gasteiger partial charge in [-0.25, -0.2) is 14.5 Å². The molecule has 1 aliphatic heterocycles. The maximum Gasteiger partial charge on any atom is 0.257 e. The van der Waals surface area contributed by atoms with Crippen molar-refractivity contribution in [2.24, 2.45) is 0 Å². The van der Waals surface area contributed by atoms with Crippen molar-refractivity contribution >= 4 is 11.6 Å². The van der Waals surface area contributed by atoms with Gasteiger partial charge in [-0.2, -0.15) is 5.10 Å². The summed E-state index contributed by atoms with van der Waals surface area (Å²) in [6.07, 6.45) is 7.36. The van der Waals surface area contributed by atoms with E-state index in [1.807, 2.05) is 49.3 Å². The summed E-state index contributed by atoms with van der Waals surface area (Å²) in [5, 5.41) is 4.47. The van der Waals surface area contributed by atoms with E-state index >= 15 is 0 Å². The molecule has 0 atom stereocenters. The Labute approximate surface area is 192 Å². The molecule has 0 unspecified atom stereocenters. The number of hydrogen-bond acceptors (Lipinski definition) is 5. The summed E-state index contributed by atoms with van der Waals surface area (Å²) in [7, 11) is 1.68. The smallest absolute Gasteiger partial charge is 0.257 e. The number of fused-ring (bicyclic) bond motifs is 1. The van der Waals surface area contributed by atoms with Crippen LogP contribution >= 0.6 is 0 Å². The first-order chi connectivity index (χ1) is 16.0. The van der Waals surface area contributed by atoms with Gasteiger partial charge in [0.2, 0.25) is 0 Å². The minimum Gasteiger partial charge on any atom is -0.497 e. The molecular formula is C25H28N6O2. The van der Waals surface area contributed by atoms with Gasteiger partial charge in [-0.1, -0.05) is 12.1 Å². The number of aromatic nitrogens is 5. The number of nitrogens with zero attached hydrogens (tertiary/aromatic N) is 6. The lowest BCUT2D eigenvalue weighted by atomic mass is 9.95. The van der Waals surface area contributed by atoms with Crippen molar-refractivity contribution in [2.75, 3.05) is 20.2 Å². The van der Waals surface area contributed by atoms with E-state index in [-0.39, 0.29) is 5.91 Å². The van der Waals surface area contributed by atoms with E-state index in [4.69, 9.17) is 4.74 Å². The molecule has 5 rings (SSSR count). The molecular weight excluding hydrogens is 416 g/mol. The molecule has 1 amide bonds. The zero-order valence-corrected chi connectivity index (χ0v) is 19.2. The molecule has 1 aliphatic rings. The monoisotopic (exact) mass is 444 g/mol. The van der Waals surface area contributed by atoms with Crippen LogP contribution in [-0.2, 0) is 6.54 Å². The number of carbonyl (C=O) groups is 1. The molecule has 0 saturated carbocycles. The fourth-order valence-corrected chi connectivity index (χ4v) is 4.63. The molecule has 0 spiro atoms. The summed E-state index contributed by atoms with van der Waals surface area (Å²) in [5.41, 5.74) is 4.31. The second-order valence-corrected chi connectivity index (χ2v) is 8.64. The van der Waals surface area contributed by atoms with Crippen LogP contribution in [0.15, 0.2) is 48.9 Å². The Balaban J connectivity index is 1.26.